The summed E-state index contributed by atoms with van der Waals surface area (Å²) in [6, 6.07) is -13.0. The molecule has 10 amide bonds. The van der Waals surface area contributed by atoms with Gasteiger partial charge in [-0.3, -0.25) is 92.9 Å². The molecular weight excluding hydrogens is 1460 g/mol. The zero-order valence-corrected chi connectivity index (χ0v) is 61.4. The number of halogens is 3. The van der Waals surface area contributed by atoms with Crippen LogP contribution in [0.25, 0.3) is 0 Å². The number of aliphatic imine (C=N–C) groups is 9. The summed E-state index contributed by atoms with van der Waals surface area (Å²) in [5, 5.41) is 30.7. The van der Waals surface area contributed by atoms with Crippen molar-refractivity contribution in [2.45, 2.75) is 183 Å². The summed E-state index contributed by atoms with van der Waals surface area (Å²) < 4.78 is 31.7. The molecule has 0 radical (unpaired) electrons. The van der Waals surface area contributed by atoms with Crippen molar-refractivity contribution >= 4 is 119 Å². The first kappa shape index (κ1) is 99.4. The number of nitrogens with two attached hydrogens (primary N) is 19. The van der Waals surface area contributed by atoms with Gasteiger partial charge in [0.15, 0.2) is 53.6 Å². The summed E-state index contributed by atoms with van der Waals surface area (Å²) in [6.45, 7) is 1.03. The molecule has 0 aliphatic carbocycles. The van der Waals surface area contributed by atoms with E-state index in [1.807, 2.05) is 0 Å². The van der Waals surface area contributed by atoms with Crippen LogP contribution in [0.1, 0.15) is 122 Å². The fraction of sp³-hybridized carbons (Fsp3) is 0.655. The normalized spacial score (nSPS) is 13.1. The number of hydrogen-bond donors (Lipinski definition) is 29. The monoisotopic (exact) mass is 1580 g/mol. The van der Waals surface area contributed by atoms with Crippen LogP contribution in [0.3, 0.4) is 0 Å². The van der Waals surface area contributed by atoms with Gasteiger partial charge in [-0.2, -0.15) is 13.2 Å². The quantitative estimate of drug-likeness (QED) is 0.0153. The Kier molecular flexibility index (Phi) is 50.4. The van der Waals surface area contributed by atoms with Crippen molar-refractivity contribution in [3.63, 3.8) is 0 Å². The Labute approximate surface area is 631 Å². The standard InChI is InChI=1S/C56H113N37O10.C2HF3O2/c1-29(94)85-31(12-3-21-77-49(60)61)40(96)87-33(14-5-23-79-51(64)65)42(98)89-35(16-7-25-81-53(68)69)44(100)91-37(18-9-27-83-55(72)73)46(102)93-38(19-10-28-84-56(74)75)47(103)92-36(17-8-26-82-54(70)71)45(101)90-34(15-6-24-80-52(66)67)43(99)88-32(13-4-22-78-50(62)63)41(97)86-30(39(57)95)11-2-20-76-48(58)59;3-2(4,5)1(6)7/h30-38H,2-28H2,1H3,(H2,57,95)(H,85,94)(H,86,97)(H,87,96)(H,88,99)(H,89,98)(H,90,101)(H,91,100)(H,92,103)(H,93,102)(H4,58,59,76)(H4,60,61,77)(H4,62,63,78)(H4,64,65,79)(H4,66,67,80)(H4,68,69,81)(H4,70,71,82)(H4,72,73,83)(H4,74,75,84);(H,6,7). The van der Waals surface area contributed by atoms with E-state index in [1.54, 1.807) is 0 Å². The molecule has 49 nitrogen and oxygen atoms in total. The largest absolute Gasteiger partial charge is 0.490 e. The number of amides is 10. The van der Waals surface area contributed by atoms with E-state index in [4.69, 9.17) is 119 Å². The zero-order chi connectivity index (χ0) is 84.1. The third-order valence-corrected chi connectivity index (χ3v) is 14.5. The highest BCUT2D eigenvalue weighted by atomic mass is 19.4. The molecular formula is C58H114F3N37O12. The fourth-order valence-corrected chi connectivity index (χ4v) is 9.39. The molecule has 9 atom stereocenters. The summed E-state index contributed by atoms with van der Waals surface area (Å²) in [7, 11) is 0. The van der Waals surface area contributed by atoms with E-state index in [1.165, 1.54) is 6.92 Å². The molecule has 0 heterocycles. The fourth-order valence-electron chi connectivity index (χ4n) is 9.39. The Morgan fingerprint density at radius 1 is 0.255 bits per heavy atom. The number of carbonyl (C=O) groups excluding carboxylic acids is 10. The maximum Gasteiger partial charge on any atom is 0.490 e. The van der Waals surface area contributed by atoms with Crippen LogP contribution < -0.4 is 157 Å². The minimum absolute atomic E-state index is 0.000737. The lowest BCUT2D eigenvalue weighted by molar-refractivity contribution is -0.192. The van der Waals surface area contributed by atoms with Gasteiger partial charge >= 0.3 is 12.1 Å². The Morgan fingerprint density at radius 2 is 0.373 bits per heavy atom. The highest BCUT2D eigenvalue weighted by molar-refractivity contribution is 5.99. The number of nitrogens with one attached hydrogen (secondary N) is 9. The third kappa shape index (κ3) is 51.6. The van der Waals surface area contributed by atoms with Crippen LogP contribution >= 0.6 is 0 Å². The SMILES string of the molecule is CC(=O)NC(CCCN=C(N)N)C(=O)NC(CCCN=C(N)N)C(=O)NC(CCCN=C(N)N)C(=O)NC(CCCN=C(N)N)C(=O)NC(CCCN=C(N)N)C(=O)NC(CCCN=C(N)N)C(=O)NC(CCCN=C(N)N)C(=O)NC(CCCN=C(N)N)C(=O)NC(CCCN=C(N)N)C(N)=O.O=C(O)C(F)(F)F. The third-order valence-electron chi connectivity index (χ3n) is 14.5. The van der Waals surface area contributed by atoms with Crippen LogP contribution in [0.2, 0.25) is 0 Å². The van der Waals surface area contributed by atoms with Gasteiger partial charge < -0.3 is 162 Å². The van der Waals surface area contributed by atoms with E-state index >= 15 is 0 Å². The highest BCUT2D eigenvalue weighted by Gasteiger charge is 2.39. The van der Waals surface area contributed by atoms with Crippen LogP contribution in [0.15, 0.2) is 44.9 Å². The number of primary amides is 1. The molecule has 0 fully saturated rings. The lowest BCUT2D eigenvalue weighted by Gasteiger charge is -2.28. The van der Waals surface area contributed by atoms with Crippen molar-refractivity contribution in [2.24, 2.45) is 154 Å². The minimum Gasteiger partial charge on any atom is -0.475 e. The second-order valence-corrected chi connectivity index (χ2v) is 24.0. The molecule has 0 aliphatic heterocycles. The Morgan fingerprint density at radius 3 is 0.482 bits per heavy atom. The van der Waals surface area contributed by atoms with Crippen LogP contribution in [0, 0.1) is 0 Å². The van der Waals surface area contributed by atoms with Gasteiger partial charge in [-0.05, 0) is 116 Å². The number of hydrogen-bond acceptors (Lipinski definition) is 20. The topological polar surface area (TPSA) is 922 Å². The molecule has 0 aromatic rings. The number of aliphatic carboxylic acids is 1. The molecule has 0 rings (SSSR count). The summed E-state index contributed by atoms with van der Waals surface area (Å²) in [5.74, 6) is -14.1. The van der Waals surface area contributed by atoms with Crippen LogP contribution in [0.5, 0.6) is 0 Å². The lowest BCUT2D eigenvalue weighted by Crippen LogP contribution is -2.60. The van der Waals surface area contributed by atoms with E-state index in [0.717, 1.165) is 0 Å². The van der Waals surface area contributed by atoms with Gasteiger partial charge in [0.25, 0.3) is 0 Å². The molecule has 110 heavy (non-hydrogen) atoms. The molecule has 0 aromatic heterocycles. The summed E-state index contributed by atoms with van der Waals surface area (Å²) in [6.07, 6.45) is -5.61. The van der Waals surface area contributed by atoms with Crippen LogP contribution in [0.4, 0.5) is 13.2 Å². The molecule has 0 bridgehead atoms. The second kappa shape index (κ2) is 55.8. The van der Waals surface area contributed by atoms with E-state index in [9.17, 15) is 61.1 Å². The zero-order valence-electron chi connectivity index (χ0n) is 61.4. The molecule has 52 heteroatoms. The van der Waals surface area contributed by atoms with Crippen molar-refractivity contribution in [2.75, 3.05) is 58.9 Å². The second-order valence-electron chi connectivity index (χ2n) is 24.0. The molecule has 624 valence electrons. The van der Waals surface area contributed by atoms with Crippen molar-refractivity contribution in [1.82, 2.24) is 47.9 Å². The number of guanidine groups is 9. The molecule has 0 saturated carbocycles. The van der Waals surface area contributed by atoms with Gasteiger partial charge in [0.2, 0.25) is 59.1 Å². The van der Waals surface area contributed by atoms with Gasteiger partial charge in [-0.15, -0.1) is 0 Å². The Bertz CT molecular complexity index is 3210. The Hall–Kier alpha value is -12.6. The van der Waals surface area contributed by atoms with Crippen LogP contribution in [-0.2, 0) is 52.7 Å². The molecule has 48 N–H and O–H groups in total. The lowest BCUT2D eigenvalue weighted by atomic mass is 10.0. The van der Waals surface area contributed by atoms with Crippen molar-refractivity contribution < 1.29 is 71.0 Å². The average molecular weight is 1580 g/mol. The number of carboxylic acid groups (broad SMARTS) is 1. The first-order chi connectivity index (χ1) is 51.5. The minimum atomic E-state index is -5.08. The van der Waals surface area contributed by atoms with E-state index in [-0.39, 0.29) is 228 Å². The van der Waals surface area contributed by atoms with Gasteiger partial charge in [0.05, 0.1) is 0 Å². The first-order valence-electron chi connectivity index (χ1n) is 34.2. The smallest absolute Gasteiger partial charge is 0.475 e. The number of carboxylic acids is 1. The predicted molar refractivity (Wildman–Crippen MR) is 405 cm³/mol. The van der Waals surface area contributed by atoms with Gasteiger partial charge in [0.1, 0.15) is 54.4 Å². The molecule has 0 aliphatic rings. The number of nitrogens with zero attached hydrogens (tertiary/aromatic N) is 9. The van der Waals surface area contributed by atoms with Crippen molar-refractivity contribution in [3.05, 3.63) is 0 Å². The van der Waals surface area contributed by atoms with E-state index in [2.05, 4.69) is 92.8 Å². The van der Waals surface area contributed by atoms with Gasteiger partial charge in [-0.25, -0.2) is 4.79 Å². The van der Waals surface area contributed by atoms with E-state index in [0.29, 0.717) is 0 Å². The summed E-state index contributed by atoms with van der Waals surface area (Å²) in [4.78, 5) is 185. The Balaban J connectivity index is 0. The highest BCUT2D eigenvalue weighted by Crippen LogP contribution is 2.14. The van der Waals surface area contributed by atoms with Crippen LogP contribution in [-0.4, -0.2) is 243 Å². The van der Waals surface area contributed by atoms with Gasteiger partial charge in [0, 0.05) is 65.8 Å². The van der Waals surface area contributed by atoms with Crippen molar-refractivity contribution in [3.8, 4) is 0 Å². The molecule has 0 saturated heterocycles. The summed E-state index contributed by atoms with van der Waals surface area (Å²) >= 11 is 0. The van der Waals surface area contributed by atoms with Crippen molar-refractivity contribution in [1.29, 1.82) is 0 Å². The van der Waals surface area contributed by atoms with E-state index < -0.39 is 126 Å². The number of carbonyl (C=O) groups is 11. The maximum absolute atomic E-state index is 14.9. The first-order valence-corrected chi connectivity index (χ1v) is 34.2. The van der Waals surface area contributed by atoms with Gasteiger partial charge in [-0.1, -0.05) is 0 Å². The molecule has 0 spiro atoms. The summed E-state index contributed by atoms with van der Waals surface area (Å²) in [5.41, 5.74) is 105. The number of rotatable bonds is 54. The average Bonchev–Trinajstić information content (AvgIpc) is 0.860. The number of alkyl halides is 3. The molecule has 0 aromatic carbocycles. The molecule has 9 unspecified atom stereocenters. The maximum atomic E-state index is 14.9. The predicted octanol–water partition coefficient (Wildman–Crippen LogP) is -13.0.